The first-order valence-electron chi connectivity index (χ1n) is 5.62. The van der Waals surface area contributed by atoms with Gasteiger partial charge in [0, 0.05) is 5.56 Å². The summed E-state index contributed by atoms with van der Waals surface area (Å²) < 4.78 is 27.6. The summed E-state index contributed by atoms with van der Waals surface area (Å²) in [5.74, 6) is -0.930. The lowest BCUT2D eigenvalue weighted by Gasteiger charge is -2.16. The van der Waals surface area contributed by atoms with E-state index in [-0.39, 0.29) is 25.1 Å². The van der Waals surface area contributed by atoms with Crippen LogP contribution in [0.4, 0.5) is 0 Å². The van der Waals surface area contributed by atoms with E-state index < -0.39 is 13.6 Å². The van der Waals surface area contributed by atoms with Crippen LogP contribution in [0.25, 0.3) is 0 Å². The highest BCUT2D eigenvalue weighted by Gasteiger charge is 2.27. The first kappa shape index (κ1) is 15.0. The summed E-state index contributed by atoms with van der Waals surface area (Å²) in [6.45, 7) is 5.58. The zero-order chi connectivity index (χ0) is 13.8. The van der Waals surface area contributed by atoms with Gasteiger partial charge in [-0.3, -0.25) is 4.57 Å². The second-order valence-corrected chi connectivity index (χ2v) is 5.66. The number of carboxylic acid groups (broad SMARTS) is 1. The summed E-state index contributed by atoms with van der Waals surface area (Å²) in [7, 11) is -3.24. The molecule has 0 atom stereocenters. The van der Waals surface area contributed by atoms with Gasteiger partial charge < -0.3 is 18.6 Å². The molecule has 1 heterocycles. The van der Waals surface area contributed by atoms with Crippen LogP contribution in [-0.2, 0) is 19.8 Å². The van der Waals surface area contributed by atoms with E-state index in [0.29, 0.717) is 11.3 Å². The van der Waals surface area contributed by atoms with E-state index in [4.69, 9.17) is 18.6 Å². The smallest absolute Gasteiger partial charge is 0.371 e. The molecule has 0 aliphatic rings. The van der Waals surface area contributed by atoms with Crippen molar-refractivity contribution in [2.75, 3.05) is 13.2 Å². The number of aryl methyl sites for hydroxylation is 1. The van der Waals surface area contributed by atoms with Crippen molar-refractivity contribution in [1.82, 2.24) is 0 Å². The lowest BCUT2D eigenvalue weighted by Crippen LogP contribution is -1.99. The van der Waals surface area contributed by atoms with Crippen molar-refractivity contribution in [1.29, 1.82) is 0 Å². The van der Waals surface area contributed by atoms with Crippen molar-refractivity contribution in [2.45, 2.75) is 26.9 Å². The fourth-order valence-electron chi connectivity index (χ4n) is 1.51. The van der Waals surface area contributed by atoms with Gasteiger partial charge in [-0.1, -0.05) is 0 Å². The van der Waals surface area contributed by atoms with Gasteiger partial charge in [-0.15, -0.1) is 0 Å². The Morgan fingerprint density at radius 1 is 1.39 bits per heavy atom. The quantitative estimate of drug-likeness (QED) is 0.770. The standard InChI is InChI=1S/C11H17O6P/c1-4-15-18(14,16-5-2)7-9-6-10(11(12)13)17-8(9)3/h6H,4-5,7H2,1-3H3,(H,12,13). The van der Waals surface area contributed by atoms with Crippen molar-refractivity contribution in [3.63, 3.8) is 0 Å². The van der Waals surface area contributed by atoms with E-state index >= 15 is 0 Å². The molecule has 1 N–H and O–H groups in total. The SMILES string of the molecule is CCOP(=O)(Cc1cc(C(=O)O)oc1C)OCC. The number of rotatable bonds is 7. The van der Waals surface area contributed by atoms with E-state index in [1.54, 1.807) is 20.8 Å². The first-order chi connectivity index (χ1) is 8.41. The molecule has 18 heavy (non-hydrogen) atoms. The van der Waals surface area contributed by atoms with E-state index in [9.17, 15) is 9.36 Å². The molecule has 0 unspecified atom stereocenters. The average Bonchev–Trinajstić information content (AvgIpc) is 2.61. The minimum absolute atomic E-state index is 0.0112. The lowest BCUT2D eigenvalue weighted by molar-refractivity contribution is 0.0661. The summed E-state index contributed by atoms with van der Waals surface area (Å²) in [5, 5.41) is 8.80. The molecule has 0 saturated heterocycles. The first-order valence-corrected chi connectivity index (χ1v) is 7.35. The summed E-state index contributed by atoms with van der Waals surface area (Å²) >= 11 is 0. The zero-order valence-electron chi connectivity index (χ0n) is 10.6. The molecule has 1 aromatic rings. The van der Waals surface area contributed by atoms with Gasteiger partial charge in [-0.05, 0) is 26.8 Å². The number of carboxylic acids is 1. The Bertz CT molecular complexity index is 454. The van der Waals surface area contributed by atoms with Crippen LogP contribution in [0.2, 0.25) is 0 Å². The molecule has 7 heteroatoms. The third-order valence-corrected chi connectivity index (χ3v) is 4.28. The van der Waals surface area contributed by atoms with Crippen molar-refractivity contribution < 1.29 is 27.9 Å². The van der Waals surface area contributed by atoms with Crippen molar-refractivity contribution in [2.24, 2.45) is 0 Å². The normalized spacial score (nSPS) is 11.7. The maximum absolute atomic E-state index is 12.3. The Balaban J connectivity index is 2.93. The van der Waals surface area contributed by atoms with Gasteiger partial charge in [-0.2, -0.15) is 0 Å². The Morgan fingerprint density at radius 2 is 1.94 bits per heavy atom. The second-order valence-electron chi connectivity index (χ2n) is 3.60. The Hall–Kier alpha value is -1.10. The van der Waals surface area contributed by atoms with Crippen molar-refractivity contribution >= 4 is 13.6 Å². The lowest BCUT2D eigenvalue weighted by atomic mass is 10.3. The minimum Gasteiger partial charge on any atom is -0.475 e. The molecule has 0 fully saturated rings. The molecule has 0 spiro atoms. The zero-order valence-corrected chi connectivity index (χ0v) is 11.5. The van der Waals surface area contributed by atoms with Crippen LogP contribution >= 0.6 is 7.60 Å². The minimum atomic E-state index is -3.24. The van der Waals surface area contributed by atoms with Gasteiger partial charge in [0.1, 0.15) is 5.76 Å². The van der Waals surface area contributed by atoms with Crippen LogP contribution in [0.15, 0.2) is 10.5 Å². The van der Waals surface area contributed by atoms with E-state index in [1.807, 2.05) is 0 Å². The fraction of sp³-hybridized carbons (Fsp3) is 0.545. The highest BCUT2D eigenvalue weighted by atomic mass is 31.2. The Morgan fingerprint density at radius 3 is 2.33 bits per heavy atom. The maximum atomic E-state index is 12.3. The molecule has 0 amide bonds. The van der Waals surface area contributed by atoms with Crippen LogP contribution in [0.1, 0.15) is 35.7 Å². The fourth-order valence-corrected chi connectivity index (χ4v) is 3.29. The summed E-state index contributed by atoms with van der Waals surface area (Å²) in [4.78, 5) is 10.8. The van der Waals surface area contributed by atoms with E-state index in [0.717, 1.165) is 0 Å². The number of carbonyl (C=O) groups is 1. The molecule has 0 radical (unpaired) electrons. The summed E-state index contributed by atoms with van der Waals surface area (Å²) in [6, 6.07) is 1.35. The largest absolute Gasteiger partial charge is 0.475 e. The van der Waals surface area contributed by atoms with Crippen molar-refractivity contribution in [3.8, 4) is 0 Å². The highest BCUT2D eigenvalue weighted by Crippen LogP contribution is 2.51. The molecular weight excluding hydrogens is 259 g/mol. The molecule has 102 valence electrons. The van der Waals surface area contributed by atoms with Gasteiger partial charge in [0.15, 0.2) is 0 Å². The van der Waals surface area contributed by atoms with Gasteiger partial charge in [0.2, 0.25) is 5.76 Å². The second kappa shape index (κ2) is 6.18. The van der Waals surface area contributed by atoms with E-state index in [2.05, 4.69) is 0 Å². The molecule has 1 rings (SSSR count). The van der Waals surface area contributed by atoms with Crippen LogP contribution < -0.4 is 0 Å². The summed E-state index contributed by atoms with van der Waals surface area (Å²) in [5.41, 5.74) is 0.526. The molecule has 0 aromatic carbocycles. The average molecular weight is 276 g/mol. The molecule has 0 aliphatic carbocycles. The maximum Gasteiger partial charge on any atom is 0.371 e. The van der Waals surface area contributed by atoms with Gasteiger partial charge >= 0.3 is 13.6 Å². The number of furan rings is 1. The topological polar surface area (TPSA) is 86.0 Å². The molecule has 1 aromatic heterocycles. The van der Waals surface area contributed by atoms with Gasteiger partial charge in [0.05, 0.1) is 19.4 Å². The summed E-state index contributed by atoms with van der Waals surface area (Å²) in [6.07, 6.45) is 0.0112. The molecule has 0 saturated carbocycles. The Labute approximate surface area is 105 Å². The van der Waals surface area contributed by atoms with Crippen LogP contribution in [0.5, 0.6) is 0 Å². The molecule has 6 nitrogen and oxygen atoms in total. The van der Waals surface area contributed by atoms with Gasteiger partial charge in [-0.25, -0.2) is 4.79 Å². The third kappa shape index (κ3) is 3.70. The monoisotopic (exact) mass is 276 g/mol. The number of hydrogen-bond acceptors (Lipinski definition) is 5. The predicted molar refractivity (Wildman–Crippen MR) is 65.0 cm³/mol. The van der Waals surface area contributed by atoms with Gasteiger partial charge in [0.25, 0.3) is 0 Å². The van der Waals surface area contributed by atoms with E-state index in [1.165, 1.54) is 6.07 Å². The highest BCUT2D eigenvalue weighted by molar-refractivity contribution is 7.53. The number of hydrogen-bond donors (Lipinski definition) is 1. The molecule has 0 aliphatic heterocycles. The Kier molecular flexibility index (Phi) is 5.14. The predicted octanol–water partition coefficient (Wildman–Crippen LogP) is 3.05. The van der Waals surface area contributed by atoms with Crippen LogP contribution in [-0.4, -0.2) is 24.3 Å². The molecule has 0 bridgehead atoms. The molecular formula is C11H17O6P. The number of aromatic carboxylic acids is 1. The third-order valence-electron chi connectivity index (χ3n) is 2.25. The van der Waals surface area contributed by atoms with Crippen LogP contribution in [0, 0.1) is 6.92 Å². The van der Waals surface area contributed by atoms with Crippen molar-refractivity contribution in [3.05, 3.63) is 23.2 Å². The van der Waals surface area contributed by atoms with Crippen LogP contribution in [0.3, 0.4) is 0 Å².